The van der Waals surface area contributed by atoms with Gasteiger partial charge in [0, 0.05) is 5.56 Å². The van der Waals surface area contributed by atoms with Gasteiger partial charge in [0.15, 0.2) is 6.61 Å². The molecule has 1 atom stereocenters. The summed E-state index contributed by atoms with van der Waals surface area (Å²) >= 11 is 1.50. The van der Waals surface area contributed by atoms with Crippen LogP contribution in [0.2, 0.25) is 0 Å². The number of primary amides is 1. The second-order valence-electron chi connectivity index (χ2n) is 4.69. The van der Waals surface area contributed by atoms with Crippen LogP contribution in [0.1, 0.15) is 16.8 Å². The first kappa shape index (κ1) is 19.5. The van der Waals surface area contributed by atoms with Crippen LogP contribution in [0, 0.1) is 0 Å². The molecule has 130 valence electrons. The molecule has 4 amide bonds. The molecule has 0 aliphatic heterocycles. The minimum atomic E-state index is -1.03. The number of ether oxygens (including phenoxy) is 1. The van der Waals surface area contributed by atoms with Crippen molar-refractivity contribution in [1.82, 2.24) is 10.6 Å². The van der Waals surface area contributed by atoms with Crippen LogP contribution in [-0.2, 0) is 14.3 Å². The van der Waals surface area contributed by atoms with E-state index in [0.717, 1.165) is 0 Å². The summed E-state index contributed by atoms with van der Waals surface area (Å²) in [5, 5.41) is 4.36. The van der Waals surface area contributed by atoms with Crippen molar-refractivity contribution in [3.8, 4) is 0 Å². The van der Waals surface area contributed by atoms with Gasteiger partial charge in [0.1, 0.15) is 6.04 Å². The molecule has 0 saturated carbocycles. The summed E-state index contributed by atoms with van der Waals surface area (Å²) < 4.78 is 4.82. The summed E-state index contributed by atoms with van der Waals surface area (Å²) in [5.41, 5.74) is 5.19. The Morgan fingerprint density at radius 1 is 1.21 bits per heavy atom. The van der Waals surface area contributed by atoms with Crippen molar-refractivity contribution in [3.05, 3.63) is 35.9 Å². The SMILES string of the molecule is CSCC[C@H](NC(=O)c1ccccc1)C(=O)OCC(=O)NC(N)=O. The Hall–Kier alpha value is -2.55. The van der Waals surface area contributed by atoms with E-state index in [4.69, 9.17) is 10.5 Å². The molecule has 0 aromatic heterocycles. The molecular formula is C15H19N3O5S. The molecule has 0 aliphatic rings. The van der Waals surface area contributed by atoms with Crippen LogP contribution in [0.25, 0.3) is 0 Å². The maximum Gasteiger partial charge on any atom is 0.329 e. The normalized spacial score (nSPS) is 11.2. The fourth-order valence-corrected chi connectivity index (χ4v) is 2.20. The van der Waals surface area contributed by atoms with Gasteiger partial charge in [-0.1, -0.05) is 18.2 Å². The number of esters is 1. The van der Waals surface area contributed by atoms with Crippen molar-refractivity contribution in [2.75, 3.05) is 18.6 Å². The Morgan fingerprint density at radius 3 is 2.46 bits per heavy atom. The third kappa shape index (κ3) is 7.14. The van der Waals surface area contributed by atoms with Crippen LogP contribution >= 0.6 is 11.8 Å². The highest BCUT2D eigenvalue weighted by atomic mass is 32.2. The molecule has 0 heterocycles. The molecule has 0 unspecified atom stereocenters. The quantitative estimate of drug-likeness (QED) is 0.576. The molecule has 0 saturated heterocycles. The van der Waals surface area contributed by atoms with Crippen LogP contribution in [-0.4, -0.2) is 48.5 Å². The third-order valence-electron chi connectivity index (χ3n) is 2.84. The maximum absolute atomic E-state index is 12.1. The molecule has 4 N–H and O–H groups in total. The zero-order valence-corrected chi connectivity index (χ0v) is 13.9. The Labute approximate surface area is 143 Å². The predicted molar refractivity (Wildman–Crippen MR) is 89.4 cm³/mol. The summed E-state index contributed by atoms with van der Waals surface area (Å²) in [5.74, 6) is -1.40. The number of urea groups is 1. The van der Waals surface area contributed by atoms with E-state index in [1.165, 1.54) is 11.8 Å². The molecule has 1 aromatic carbocycles. The highest BCUT2D eigenvalue weighted by Gasteiger charge is 2.23. The number of imide groups is 1. The second-order valence-corrected chi connectivity index (χ2v) is 5.68. The van der Waals surface area contributed by atoms with E-state index in [2.05, 4.69) is 5.32 Å². The molecule has 1 rings (SSSR count). The number of rotatable bonds is 8. The van der Waals surface area contributed by atoms with E-state index in [-0.39, 0.29) is 0 Å². The standard InChI is InChI=1S/C15H19N3O5S/c1-24-8-7-11(14(21)23-9-12(19)18-15(16)22)17-13(20)10-5-3-2-4-6-10/h2-6,11H,7-9H2,1H3,(H,17,20)(H3,16,18,19,22)/t11-/m0/s1. The number of carbonyl (C=O) groups is 4. The molecule has 24 heavy (non-hydrogen) atoms. The fourth-order valence-electron chi connectivity index (χ4n) is 1.73. The third-order valence-corrected chi connectivity index (χ3v) is 3.49. The smallest absolute Gasteiger partial charge is 0.329 e. The van der Waals surface area contributed by atoms with Gasteiger partial charge >= 0.3 is 12.0 Å². The minimum Gasteiger partial charge on any atom is -0.454 e. The monoisotopic (exact) mass is 353 g/mol. The maximum atomic E-state index is 12.1. The first-order valence-electron chi connectivity index (χ1n) is 7.04. The van der Waals surface area contributed by atoms with Gasteiger partial charge < -0.3 is 15.8 Å². The summed E-state index contributed by atoms with van der Waals surface area (Å²) in [7, 11) is 0. The van der Waals surface area contributed by atoms with E-state index in [9.17, 15) is 19.2 Å². The van der Waals surface area contributed by atoms with Crippen molar-refractivity contribution >= 4 is 35.6 Å². The number of nitrogens with one attached hydrogen (secondary N) is 2. The number of carbonyl (C=O) groups excluding carboxylic acids is 4. The van der Waals surface area contributed by atoms with E-state index in [1.807, 2.05) is 6.26 Å². The highest BCUT2D eigenvalue weighted by Crippen LogP contribution is 2.05. The van der Waals surface area contributed by atoms with Gasteiger partial charge in [-0.05, 0) is 30.6 Å². The van der Waals surface area contributed by atoms with E-state index in [1.54, 1.807) is 35.6 Å². The Morgan fingerprint density at radius 2 is 1.88 bits per heavy atom. The number of thioether (sulfide) groups is 1. The largest absolute Gasteiger partial charge is 0.454 e. The van der Waals surface area contributed by atoms with Crippen LogP contribution in [0.3, 0.4) is 0 Å². The summed E-state index contributed by atoms with van der Waals surface area (Å²) in [4.78, 5) is 46.0. The lowest BCUT2D eigenvalue weighted by atomic mass is 10.1. The molecule has 9 heteroatoms. The molecule has 0 radical (unpaired) electrons. The molecule has 0 aliphatic carbocycles. The highest BCUT2D eigenvalue weighted by molar-refractivity contribution is 7.98. The number of nitrogens with two attached hydrogens (primary N) is 1. The molecule has 0 spiro atoms. The van der Waals surface area contributed by atoms with Crippen molar-refractivity contribution in [2.45, 2.75) is 12.5 Å². The summed E-state index contributed by atoms with van der Waals surface area (Å²) in [6.45, 7) is -0.654. The van der Waals surface area contributed by atoms with Crippen molar-refractivity contribution < 1.29 is 23.9 Å². The summed E-state index contributed by atoms with van der Waals surface area (Å²) in [6, 6.07) is 6.49. The van der Waals surface area contributed by atoms with E-state index in [0.29, 0.717) is 17.7 Å². The van der Waals surface area contributed by atoms with E-state index >= 15 is 0 Å². The molecular weight excluding hydrogens is 334 g/mol. The number of benzene rings is 1. The average molecular weight is 353 g/mol. The molecule has 1 aromatic rings. The van der Waals surface area contributed by atoms with Crippen LogP contribution < -0.4 is 16.4 Å². The van der Waals surface area contributed by atoms with Gasteiger partial charge in [0.25, 0.3) is 11.8 Å². The summed E-state index contributed by atoms with van der Waals surface area (Å²) in [6.07, 6.45) is 2.21. The molecule has 0 fully saturated rings. The van der Waals surface area contributed by atoms with E-state index < -0.39 is 36.5 Å². The molecule has 0 bridgehead atoms. The number of hydrogen-bond acceptors (Lipinski definition) is 6. The Bertz CT molecular complexity index is 594. The lowest BCUT2D eigenvalue weighted by Gasteiger charge is -2.17. The second kappa shape index (κ2) is 10.3. The van der Waals surface area contributed by atoms with Crippen molar-refractivity contribution in [2.24, 2.45) is 5.73 Å². The minimum absolute atomic E-state index is 0.343. The van der Waals surface area contributed by atoms with Gasteiger partial charge in [-0.2, -0.15) is 11.8 Å². The van der Waals surface area contributed by atoms with Crippen LogP contribution in [0.5, 0.6) is 0 Å². The zero-order valence-electron chi connectivity index (χ0n) is 13.1. The average Bonchev–Trinajstić information content (AvgIpc) is 2.56. The lowest BCUT2D eigenvalue weighted by molar-refractivity contribution is -0.150. The van der Waals surface area contributed by atoms with Crippen molar-refractivity contribution in [1.29, 1.82) is 0 Å². The number of hydrogen-bond donors (Lipinski definition) is 3. The van der Waals surface area contributed by atoms with Gasteiger partial charge in [-0.15, -0.1) is 0 Å². The fraction of sp³-hybridized carbons (Fsp3) is 0.333. The van der Waals surface area contributed by atoms with Crippen LogP contribution in [0.4, 0.5) is 4.79 Å². The Balaban J connectivity index is 2.63. The van der Waals surface area contributed by atoms with Gasteiger partial charge in [0.05, 0.1) is 0 Å². The molecule has 8 nitrogen and oxygen atoms in total. The van der Waals surface area contributed by atoms with Gasteiger partial charge in [-0.3, -0.25) is 14.9 Å². The first-order chi connectivity index (χ1) is 11.4. The zero-order chi connectivity index (χ0) is 17.9. The Kier molecular flexibility index (Phi) is 8.34. The number of amides is 4. The van der Waals surface area contributed by atoms with Gasteiger partial charge in [-0.25, -0.2) is 9.59 Å². The van der Waals surface area contributed by atoms with Crippen LogP contribution in [0.15, 0.2) is 30.3 Å². The predicted octanol–water partition coefficient (Wildman–Crippen LogP) is 0.276. The lowest BCUT2D eigenvalue weighted by Crippen LogP contribution is -2.44. The van der Waals surface area contributed by atoms with Crippen molar-refractivity contribution in [3.63, 3.8) is 0 Å². The first-order valence-corrected chi connectivity index (χ1v) is 8.44. The van der Waals surface area contributed by atoms with Gasteiger partial charge in [0.2, 0.25) is 0 Å². The topological polar surface area (TPSA) is 128 Å².